The van der Waals surface area contributed by atoms with Crippen molar-refractivity contribution < 1.29 is 10.2 Å². The zero-order valence-electron chi connectivity index (χ0n) is 8.51. The summed E-state index contributed by atoms with van der Waals surface area (Å²) in [5.41, 5.74) is 2.33. The van der Waals surface area contributed by atoms with E-state index in [1.165, 1.54) is 0 Å². The van der Waals surface area contributed by atoms with E-state index in [-0.39, 0.29) is 11.8 Å². The lowest BCUT2D eigenvalue weighted by atomic mass is 9.74. The molecule has 0 bridgehead atoms. The predicted molar refractivity (Wildman–Crippen MR) is 55.3 cm³/mol. The molecule has 0 unspecified atom stereocenters. The molecule has 1 aromatic rings. The van der Waals surface area contributed by atoms with Gasteiger partial charge in [-0.3, -0.25) is 0 Å². The second kappa shape index (κ2) is 3.37. The van der Waals surface area contributed by atoms with Crippen molar-refractivity contribution in [3.63, 3.8) is 0 Å². The summed E-state index contributed by atoms with van der Waals surface area (Å²) in [7, 11) is 0. The van der Waals surface area contributed by atoms with Crippen molar-refractivity contribution in [3.8, 4) is 0 Å². The molecule has 2 N–H and O–H groups in total. The summed E-state index contributed by atoms with van der Waals surface area (Å²) in [5, 5.41) is 19.6. The molecule has 0 spiro atoms. The number of aliphatic hydroxyl groups excluding tert-OH is 2. The molecule has 0 saturated heterocycles. The molecule has 0 radical (unpaired) electrons. The molecule has 4 atom stereocenters. The highest BCUT2D eigenvalue weighted by molar-refractivity contribution is 5.37. The van der Waals surface area contributed by atoms with E-state index in [1.54, 1.807) is 0 Å². The van der Waals surface area contributed by atoms with Gasteiger partial charge in [0, 0.05) is 11.8 Å². The van der Waals surface area contributed by atoms with E-state index in [9.17, 15) is 10.2 Å². The number of aliphatic hydroxyl groups is 2. The standard InChI is InChI=1S/C12H16O2/c1-7-9-5-3-4-6-10(9)8(2)12(14)11(7)13/h3-8,11-14H,1-2H3/t7-,8-,11+,12+/m0/s1. The zero-order valence-corrected chi connectivity index (χ0v) is 8.51. The van der Waals surface area contributed by atoms with Crippen molar-refractivity contribution in [2.24, 2.45) is 0 Å². The van der Waals surface area contributed by atoms with Crippen molar-refractivity contribution in [3.05, 3.63) is 35.4 Å². The Kier molecular flexibility index (Phi) is 2.33. The first kappa shape index (κ1) is 9.69. The Balaban J connectivity index is 2.51. The molecular formula is C12H16O2. The van der Waals surface area contributed by atoms with Gasteiger partial charge in [0.05, 0.1) is 12.2 Å². The lowest BCUT2D eigenvalue weighted by molar-refractivity contribution is -0.0150. The van der Waals surface area contributed by atoms with Crippen LogP contribution in [0.15, 0.2) is 24.3 Å². The highest BCUT2D eigenvalue weighted by atomic mass is 16.3. The summed E-state index contributed by atoms with van der Waals surface area (Å²) in [5.74, 6) is 0.0507. The van der Waals surface area contributed by atoms with Crippen LogP contribution in [-0.2, 0) is 0 Å². The fraction of sp³-hybridized carbons (Fsp3) is 0.500. The quantitative estimate of drug-likeness (QED) is 0.656. The van der Waals surface area contributed by atoms with Gasteiger partial charge in [-0.25, -0.2) is 0 Å². The Bertz CT molecular complexity index is 302. The molecule has 1 aliphatic rings. The average Bonchev–Trinajstić information content (AvgIpc) is 2.23. The maximum absolute atomic E-state index is 9.81. The summed E-state index contributed by atoms with van der Waals surface area (Å²) in [4.78, 5) is 0. The van der Waals surface area contributed by atoms with E-state index in [4.69, 9.17) is 0 Å². The second-order valence-electron chi connectivity index (χ2n) is 4.19. The Morgan fingerprint density at radius 1 is 0.857 bits per heavy atom. The van der Waals surface area contributed by atoms with Crippen LogP contribution in [0.25, 0.3) is 0 Å². The van der Waals surface area contributed by atoms with Gasteiger partial charge >= 0.3 is 0 Å². The van der Waals surface area contributed by atoms with Crippen LogP contribution in [0.4, 0.5) is 0 Å². The highest BCUT2D eigenvalue weighted by Gasteiger charge is 2.36. The van der Waals surface area contributed by atoms with Crippen molar-refractivity contribution in [1.29, 1.82) is 0 Å². The Morgan fingerprint density at radius 3 is 1.57 bits per heavy atom. The molecule has 0 aromatic heterocycles. The second-order valence-corrected chi connectivity index (χ2v) is 4.19. The van der Waals surface area contributed by atoms with E-state index in [0.29, 0.717) is 0 Å². The van der Waals surface area contributed by atoms with Crippen molar-refractivity contribution in [2.45, 2.75) is 37.9 Å². The van der Waals surface area contributed by atoms with E-state index < -0.39 is 12.2 Å². The molecule has 0 fully saturated rings. The summed E-state index contributed by atoms with van der Waals surface area (Å²) in [6.07, 6.45) is -1.28. The van der Waals surface area contributed by atoms with Crippen LogP contribution in [-0.4, -0.2) is 22.4 Å². The summed E-state index contributed by atoms with van der Waals surface area (Å²) in [6.45, 7) is 3.91. The van der Waals surface area contributed by atoms with Crippen LogP contribution in [0.1, 0.15) is 36.8 Å². The van der Waals surface area contributed by atoms with Crippen LogP contribution in [0.3, 0.4) is 0 Å². The van der Waals surface area contributed by atoms with Crippen LogP contribution in [0.5, 0.6) is 0 Å². The van der Waals surface area contributed by atoms with Gasteiger partial charge < -0.3 is 10.2 Å². The minimum atomic E-state index is -0.639. The Labute approximate surface area is 84.2 Å². The third kappa shape index (κ3) is 1.26. The van der Waals surface area contributed by atoms with E-state index >= 15 is 0 Å². The normalized spacial score (nSPS) is 36.6. The van der Waals surface area contributed by atoms with Gasteiger partial charge in [-0.15, -0.1) is 0 Å². The molecule has 76 valence electrons. The number of benzene rings is 1. The third-order valence-electron chi connectivity index (χ3n) is 3.35. The number of hydrogen-bond acceptors (Lipinski definition) is 2. The maximum Gasteiger partial charge on any atom is 0.0870 e. The molecule has 1 aromatic carbocycles. The lowest BCUT2D eigenvalue weighted by Gasteiger charge is -2.36. The molecule has 2 nitrogen and oxygen atoms in total. The first-order valence-electron chi connectivity index (χ1n) is 5.08. The molecule has 0 saturated carbocycles. The summed E-state index contributed by atoms with van der Waals surface area (Å²) >= 11 is 0. The minimum absolute atomic E-state index is 0.0254. The Hall–Kier alpha value is -0.860. The smallest absolute Gasteiger partial charge is 0.0870 e. The minimum Gasteiger partial charge on any atom is -0.390 e. The van der Waals surface area contributed by atoms with Gasteiger partial charge in [0.2, 0.25) is 0 Å². The van der Waals surface area contributed by atoms with Gasteiger partial charge in [0.25, 0.3) is 0 Å². The van der Waals surface area contributed by atoms with Crippen molar-refractivity contribution in [1.82, 2.24) is 0 Å². The van der Waals surface area contributed by atoms with Crippen LogP contribution in [0.2, 0.25) is 0 Å². The maximum atomic E-state index is 9.81. The van der Waals surface area contributed by atoms with E-state index in [0.717, 1.165) is 11.1 Å². The van der Waals surface area contributed by atoms with E-state index in [1.807, 2.05) is 38.1 Å². The number of hydrogen-bond donors (Lipinski definition) is 2. The summed E-state index contributed by atoms with van der Waals surface area (Å²) in [6, 6.07) is 8.02. The largest absolute Gasteiger partial charge is 0.390 e. The van der Waals surface area contributed by atoms with Crippen LogP contribution >= 0.6 is 0 Å². The van der Waals surface area contributed by atoms with Gasteiger partial charge in [0.15, 0.2) is 0 Å². The van der Waals surface area contributed by atoms with Crippen LogP contribution in [0, 0.1) is 0 Å². The number of rotatable bonds is 0. The first-order chi connectivity index (χ1) is 6.63. The topological polar surface area (TPSA) is 40.5 Å². The van der Waals surface area contributed by atoms with Gasteiger partial charge in [-0.1, -0.05) is 38.1 Å². The third-order valence-corrected chi connectivity index (χ3v) is 3.35. The van der Waals surface area contributed by atoms with Crippen molar-refractivity contribution in [2.75, 3.05) is 0 Å². The SMILES string of the molecule is C[C@H]1c2ccccc2[C@H](C)[C@@H](O)[C@@H]1O. The average molecular weight is 192 g/mol. The fourth-order valence-corrected chi connectivity index (χ4v) is 2.30. The zero-order chi connectivity index (χ0) is 10.3. The molecule has 0 aliphatic heterocycles. The molecular weight excluding hydrogens is 176 g/mol. The monoisotopic (exact) mass is 192 g/mol. The Morgan fingerprint density at radius 2 is 1.21 bits per heavy atom. The first-order valence-corrected chi connectivity index (χ1v) is 5.08. The lowest BCUT2D eigenvalue weighted by Crippen LogP contribution is -2.39. The van der Waals surface area contributed by atoms with Gasteiger partial charge in [0.1, 0.15) is 0 Å². The predicted octanol–water partition coefficient (Wildman–Crippen LogP) is 1.63. The van der Waals surface area contributed by atoms with E-state index in [2.05, 4.69) is 0 Å². The van der Waals surface area contributed by atoms with Crippen molar-refractivity contribution >= 4 is 0 Å². The molecule has 0 amide bonds. The molecule has 2 rings (SSSR count). The highest BCUT2D eigenvalue weighted by Crippen LogP contribution is 2.38. The van der Waals surface area contributed by atoms with Gasteiger partial charge in [-0.2, -0.15) is 0 Å². The fourth-order valence-electron chi connectivity index (χ4n) is 2.30. The van der Waals surface area contributed by atoms with Gasteiger partial charge in [-0.05, 0) is 11.1 Å². The molecule has 14 heavy (non-hydrogen) atoms. The van der Waals surface area contributed by atoms with Crippen LogP contribution < -0.4 is 0 Å². The molecule has 2 heteroatoms. The number of fused-ring (bicyclic) bond motifs is 1. The molecule has 0 heterocycles. The summed E-state index contributed by atoms with van der Waals surface area (Å²) < 4.78 is 0. The molecule has 1 aliphatic carbocycles.